The number of carbonyl (C=O) groups excluding carboxylic acids is 1. The lowest BCUT2D eigenvalue weighted by molar-refractivity contribution is -0.138. The van der Waals surface area contributed by atoms with Gasteiger partial charge >= 0.3 is 12.1 Å². The Bertz CT molecular complexity index is 497. The fourth-order valence-corrected chi connectivity index (χ4v) is 1.54. The first-order chi connectivity index (χ1) is 8.75. The molecule has 0 spiro atoms. The number of alkyl halides is 3. The number of benzene rings is 1. The van der Waals surface area contributed by atoms with Gasteiger partial charge in [-0.3, -0.25) is 9.59 Å². The van der Waals surface area contributed by atoms with Crippen LogP contribution in [-0.2, 0) is 11.0 Å². The second-order valence-electron chi connectivity index (χ2n) is 3.83. The molecule has 0 saturated carbocycles. The first kappa shape index (κ1) is 15.0. The molecule has 19 heavy (non-hydrogen) atoms. The SMILES string of the molecule is CNc1ccc(C(=O)CCC(=O)O)cc1C(F)(F)F. The van der Waals surface area contributed by atoms with Gasteiger partial charge in [-0.1, -0.05) is 0 Å². The predicted octanol–water partition coefficient (Wildman–Crippen LogP) is 2.79. The van der Waals surface area contributed by atoms with Crippen LogP contribution in [0.2, 0.25) is 0 Å². The Balaban J connectivity index is 3.05. The maximum absolute atomic E-state index is 12.7. The van der Waals surface area contributed by atoms with Gasteiger partial charge in [-0.15, -0.1) is 0 Å². The molecule has 0 unspecified atom stereocenters. The molecule has 1 aromatic rings. The number of carboxylic acid groups (broad SMARTS) is 1. The van der Waals surface area contributed by atoms with Gasteiger partial charge in [-0.05, 0) is 18.2 Å². The molecule has 0 aliphatic heterocycles. The number of carbonyl (C=O) groups is 2. The molecular formula is C12H12F3NO3. The highest BCUT2D eigenvalue weighted by Crippen LogP contribution is 2.35. The third kappa shape index (κ3) is 3.97. The molecule has 0 aromatic heterocycles. The lowest BCUT2D eigenvalue weighted by Crippen LogP contribution is -2.11. The summed E-state index contributed by atoms with van der Waals surface area (Å²) in [6.45, 7) is 0. The minimum absolute atomic E-state index is 0.137. The molecule has 4 nitrogen and oxygen atoms in total. The predicted molar refractivity (Wildman–Crippen MR) is 62.2 cm³/mol. The molecule has 0 aliphatic carbocycles. The topological polar surface area (TPSA) is 66.4 Å². The first-order valence-electron chi connectivity index (χ1n) is 5.39. The van der Waals surface area contributed by atoms with E-state index in [1.54, 1.807) is 0 Å². The fraction of sp³-hybridized carbons (Fsp3) is 0.333. The monoisotopic (exact) mass is 275 g/mol. The third-order valence-corrected chi connectivity index (χ3v) is 2.48. The number of hydrogen-bond donors (Lipinski definition) is 2. The van der Waals surface area contributed by atoms with Crippen molar-refractivity contribution in [2.24, 2.45) is 0 Å². The minimum atomic E-state index is -4.58. The molecule has 0 saturated heterocycles. The zero-order valence-corrected chi connectivity index (χ0v) is 10.0. The largest absolute Gasteiger partial charge is 0.481 e. The van der Waals surface area contributed by atoms with Crippen LogP contribution in [0.15, 0.2) is 18.2 Å². The number of halogens is 3. The quantitative estimate of drug-likeness (QED) is 0.811. The van der Waals surface area contributed by atoms with E-state index in [1.807, 2.05) is 0 Å². The molecule has 104 valence electrons. The van der Waals surface area contributed by atoms with Crippen molar-refractivity contribution in [3.05, 3.63) is 29.3 Å². The average molecular weight is 275 g/mol. The van der Waals surface area contributed by atoms with Gasteiger partial charge in [-0.2, -0.15) is 13.2 Å². The van der Waals surface area contributed by atoms with Crippen LogP contribution < -0.4 is 5.32 Å². The lowest BCUT2D eigenvalue weighted by atomic mass is 10.0. The van der Waals surface area contributed by atoms with Gasteiger partial charge in [0.2, 0.25) is 0 Å². The van der Waals surface area contributed by atoms with Gasteiger partial charge in [-0.25, -0.2) is 0 Å². The van der Waals surface area contributed by atoms with E-state index >= 15 is 0 Å². The summed E-state index contributed by atoms with van der Waals surface area (Å²) in [7, 11) is 1.34. The molecule has 0 bridgehead atoms. The summed E-state index contributed by atoms with van der Waals surface area (Å²) >= 11 is 0. The van der Waals surface area contributed by atoms with Crippen molar-refractivity contribution in [2.75, 3.05) is 12.4 Å². The van der Waals surface area contributed by atoms with E-state index in [4.69, 9.17) is 5.11 Å². The summed E-state index contributed by atoms with van der Waals surface area (Å²) < 4.78 is 38.2. The second-order valence-corrected chi connectivity index (χ2v) is 3.83. The standard InChI is InChI=1S/C12H12F3NO3/c1-16-9-3-2-7(6-8(9)12(13,14)15)10(17)4-5-11(18)19/h2-3,6,16H,4-5H2,1H3,(H,18,19). The molecule has 0 radical (unpaired) electrons. The highest BCUT2D eigenvalue weighted by atomic mass is 19.4. The van der Waals surface area contributed by atoms with Crippen LogP contribution in [0.1, 0.15) is 28.8 Å². The maximum Gasteiger partial charge on any atom is 0.418 e. The highest BCUT2D eigenvalue weighted by molar-refractivity contribution is 5.98. The van der Waals surface area contributed by atoms with E-state index in [0.29, 0.717) is 0 Å². The number of aliphatic carboxylic acids is 1. The molecule has 0 aliphatic rings. The number of hydrogen-bond acceptors (Lipinski definition) is 3. The van der Waals surface area contributed by atoms with Gasteiger partial charge in [0.05, 0.1) is 12.0 Å². The number of nitrogens with one attached hydrogen (secondary N) is 1. The van der Waals surface area contributed by atoms with E-state index in [2.05, 4.69) is 5.32 Å². The Morgan fingerprint density at radius 1 is 1.26 bits per heavy atom. The van der Waals surface area contributed by atoms with Crippen LogP contribution in [0.5, 0.6) is 0 Å². The van der Waals surface area contributed by atoms with E-state index in [9.17, 15) is 22.8 Å². The van der Waals surface area contributed by atoms with Gasteiger partial charge in [0.1, 0.15) is 0 Å². The van der Waals surface area contributed by atoms with Crippen molar-refractivity contribution < 1.29 is 27.9 Å². The molecule has 7 heteroatoms. The van der Waals surface area contributed by atoms with Crippen LogP contribution in [0.4, 0.5) is 18.9 Å². The Labute approximate surface area is 107 Å². The molecule has 0 heterocycles. The van der Waals surface area contributed by atoms with Crippen LogP contribution in [0.3, 0.4) is 0 Å². The molecule has 0 amide bonds. The average Bonchev–Trinajstić information content (AvgIpc) is 2.34. The van der Waals surface area contributed by atoms with Crippen LogP contribution in [0.25, 0.3) is 0 Å². The second kappa shape index (κ2) is 5.73. The van der Waals surface area contributed by atoms with Crippen molar-refractivity contribution in [3.63, 3.8) is 0 Å². The summed E-state index contributed by atoms with van der Waals surface area (Å²) in [5, 5.41) is 10.8. The van der Waals surface area contributed by atoms with Gasteiger partial charge in [0.15, 0.2) is 5.78 Å². The van der Waals surface area contributed by atoms with Crippen molar-refractivity contribution in [2.45, 2.75) is 19.0 Å². The van der Waals surface area contributed by atoms with Crippen LogP contribution in [-0.4, -0.2) is 23.9 Å². The summed E-state index contributed by atoms with van der Waals surface area (Å²) in [4.78, 5) is 21.9. The summed E-state index contributed by atoms with van der Waals surface area (Å²) in [5.74, 6) is -1.80. The number of Topliss-reactive ketones (excluding diaryl/α,β-unsaturated/α-hetero) is 1. The molecule has 0 atom stereocenters. The number of rotatable bonds is 5. The normalized spacial score (nSPS) is 11.2. The van der Waals surface area contributed by atoms with Crippen LogP contribution in [0, 0.1) is 0 Å². The summed E-state index contributed by atoms with van der Waals surface area (Å²) in [6.07, 6.45) is -5.32. The number of carboxylic acids is 1. The molecule has 1 aromatic carbocycles. The van der Waals surface area contributed by atoms with E-state index in [-0.39, 0.29) is 17.7 Å². The molecule has 1 rings (SSSR count). The van der Waals surface area contributed by atoms with Crippen molar-refractivity contribution >= 4 is 17.4 Å². The smallest absolute Gasteiger partial charge is 0.418 e. The van der Waals surface area contributed by atoms with Crippen molar-refractivity contribution in [1.29, 1.82) is 0 Å². The van der Waals surface area contributed by atoms with E-state index < -0.39 is 29.9 Å². The van der Waals surface area contributed by atoms with Crippen LogP contribution >= 0.6 is 0 Å². The maximum atomic E-state index is 12.7. The Kier molecular flexibility index (Phi) is 4.52. The molecular weight excluding hydrogens is 263 g/mol. The molecule has 0 fully saturated rings. The zero-order valence-electron chi connectivity index (χ0n) is 10.0. The number of anilines is 1. The first-order valence-corrected chi connectivity index (χ1v) is 5.39. The van der Waals surface area contributed by atoms with Gasteiger partial charge in [0, 0.05) is 24.7 Å². The van der Waals surface area contributed by atoms with Crippen molar-refractivity contribution in [3.8, 4) is 0 Å². The lowest BCUT2D eigenvalue weighted by Gasteiger charge is -2.13. The fourth-order valence-electron chi connectivity index (χ4n) is 1.54. The number of ketones is 1. The Morgan fingerprint density at radius 3 is 2.37 bits per heavy atom. The summed E-state index contributed by atoms with van der Waals surface area (Å²) in [5.41, 5.74) is -1.23. The van der Waals surface area contributed by atoms with Gasteiger partial charge < -0.3 is 10.4 Å². The highest BCUT2D eigenvalue weighted by Gasteiger charge is 2.34. The van der Waals surface area contributed by atoms with Gasteiger partial charge in [0.25, 0.3) is 0 Å². The Morgan fingerprint density at radius 2 is 1.89 bits per heavy atom. The van der Waals surface area contributed by atoms with E-state index in [1.165, 1.54) is 13.1 Å². The van der Waals surface area contributed by atoms with Crippen molar-refractivity contribution in [1.82, 2.24) is 0 Å². The minimum Gasteiger partial charge on any atom is -0.481 e. The third-order valence-electron chi connectivity index (χ3n) is 2.48. The zero-order chi connectivity index (χ0) is 14.6. The summed E-state index contributed by atoms with van der Waals surface area (Å²) in [6, 6.07) is 3.12. The van der Waals surface area contributed by atoms with E-state index in [0.717, 1.165) is 12.1 Å². The Hall–Kier alpha value is -2.05. The molecule has 2 N–H and O–H groups in total.